The van der Waals surface area contributed by atoms with E-state index in [9.17, 15) is 72.2 Å². The number of carboxylic acids is 1. The van der Waals surface area contributed by atoms with Crippen LogP contribution in [0, 0.1) is 11.8 Å². The van der Waals surface area contributed by atoms with Gasteiger partial charge in [-0.15, -0.1) is 0 Å². The first-order valence-corrected chi connectivity index (χ1v) is 42.0. The van der Waals surface area contributed by atoms with E-state index in [0.29, 0.717) is 95.9 Å². The van der Waals surface area contributed by atoms with E-state index in [1.54, 1.807) is 27.7 Å². The summed E-state index contributed by atoms with van der Waals surface area (Å²) >= 11 is 5.52. The van der Waals surface area contributed by atoms with Gasteiger partial charge in [0.15, 0.2) is 5.96 Å². The lowest BCUT2D eigenvalue weighted by Crippen LogP contribution is -2.61. The third-order valence-corrected chi connectivity index (χ3v) is 21.9. The van der Waals surface area contributed by atoms with E-state index >= 15 is 9.59 Å². The number of aliphatic carboxylic acids is 1. The number of aliphatic imine (C=N–C) groups is 1. The summed E-state index contributed by atoms with van der Waals surface area (Å²) in [6.07, 6.45) is 5.99. The van der Waals surface area contributed by atoms with Crippen LogP contribution in [-0.2, 0) is 76.7 Å². The Kier molecular flexibility index (Phi) is 43.4. The summed E-state index contributed by atoms with van der Waals surface area (Å²) in [4.78, 5) is 233. The summed E-state index contributed by atoms with van der Waals surface area (Å²) in [5.74, 6) is -13.9. The van der Waals surface area contributed by atoms with Gasteiger partial charge in [0.25, 0.3) is 0 Å². The first-order valence-electron chi connectivity index (χ1n) is 39.9. The molecule has 0 aromatic rings. The Morgan fingerprint density at radius 2 is 0.825 bits per heavy atom. The molecule has 4 rings (SSSR count). The fourth-order valence-electron chi connectivity index (χ4n) is 14.4. The molecule has 15 amide bonds. The van der Waals surface area contributed by atoms with Crippen molar-refractivity contribution in [3.05, 3.63) is 0 Å². The van der Waals surface area contributed by atoms with E-state index in [0.717, 1.165) is 4.90 Å². The molecule has 0 aliphatic carbocycles. The number of amides is 15. The maximum Gasteiger partial charge on any atom is 0.327 e. The first-order chi connectivity index (χ1) is 54.2. The third-order valence-electron chi connectivity index (χ3n) is 20.8. The number of hydrogen-bond donors (Lipinski definition) is 19. The van der Waals surface area contributed by atoms with Crippen LogP contribution in [0.1, 0.15) is 188 Å². The van der Waals surface area contributed by atoms with Gasteiger partial charge in [0.05, 0.1) is 12.5 Å². The zero-order chi connectivity index (χ0) is 84.9. The highest BCUT2D eigenvalue weighted by atomic mass is 32.2. The molecule has 15 atom stereocenters. The van der Waals surface area contributed by atoms with Crippen molar-refractivity contribution < 1.29 is 81.8 Å². The normalized spacial score (nSPS) is 19.6. The van der Waals surface area contributed by atoms with E-state index in [1.165, 1.54) is 26.5 Å². The number of carbonyl (C=O) groups is 16. The van der Waals surface area contributed by atoms with Crippen LogP contribution in [0.25, 0.3) is 0 Å². The van der Waals surface area contributed by atoms with Crippen LogP contribution < -0.4 is 93.7 Å². The number of thiol groups is 1. The maximum atomic E-state index is 15.1. The van der Waals surface area contributed by atoms with Crippen molar-refractivity contribution >= 4 is 125 Å². The summed E-state index contributed by atoms with van der Waals surface area (Å²) in [6, 6.07) is -17.9. The molecule has 4 aliphatic rings. The largest absolute Gasteiger partial charge is 0.480 e. The van der Waals surface area contributed by atoms with Gasteiger partial charge in [0.1, 0.15) is 78.5 Å². The van der Waals surface area contributed by atoms with Gasteiger partial charge in [-0.3, -0.25) is 76.9 Å². The van der Waals surface area contributed by atoms with Crippen molar-refractivity contribution in [1.29, 1.82) is 0 Å². The minimum Gasteiger partial charge on any atom is -0.480 e. The van der Waals surface area contributed by atoms with Gasteiger partial charge in [-0.05, 0) is 185 Å². The zero-order valence-electron chi connectivity index (χ0n) is 66.7. The van der Waals surface area contributed by atoms with Crippen LogP contribution in [0.4, 0.5) is 0 Å². The zero-order valence-corrected chi connectivity index (χ0v) is 68.4. The van der Waals surface area contributed by atoms with Crippen molar-refractivity contribution in [2.24, 2.45) is 62.7 Å². The number of hydrogen-bond acceptors (Lipinski definition) is 23. The smallest absolute Gasteiger partial charge is 0.327 e. The molecule has 4 fully saturated rings. The number of nitrogens with two attached hydrogens (primary N) is 8. The topological polar surface area (TPSA) is 635 Å². The summed E-state index contributed by atoms with van der Waals surface area (Å²) in [5, 5.41) is 33.7. The van der Waals surface area contributed by atoms with Crippen molar-refractivity contribution in [3.8, 4) is 0 Å². The van der Waals surface area contributed by atoms with Crippen molar-refractivity contribution in [1.82, 2.24) is 67.5 Å². The number of unbranched alkanes of at least 4 members (excludes halogenated alkanes) is 3. The second kappa shape index (κ2) is 50.6. The second-order valence-electron chi connectivity index (χ2n) is 30.1. The number of nitrogens with one attached hydrogen (secondary N) is 9. The minimum atomic E-state index is -1.67. The molecule has 0 aromatic carbocycles. The van der Waals surface area contributed by atoms with E-state index in [2.05, 4.69) is 65.5 Å². The van der Waals surface area contributed by atoms with Crippen molar-refractivity contribution in [3.63, 3.8) is 0 Å². The van der Waals surface area contributed by atoms with Crippen LogP contribution in [0.3, 0.4) is 0 Å². The molecule has 4 aliphatic heterocycles. The highest BCUT2D eigenvalue weighted by Crippen LogP contribution is 2.27. The average molecular weight is 1650 g/mol. The van der Waals surface area contributed by atoms with Crippen LogP contribution in [0.5, 0.6) is 0 Å². The predicted molar refractivity (Wildman–Crippen MR) is 429 cm³/mol. The van der Waals surface area contributed by atoms with E-state index in [1.807, 2.05) is 6.26 Å². The van der Waals surface area contributed by atoms with E-state index in [4.69, 9.17) is 45.9 Å². The monoisotopic (exact) mass is 1650 g/mol. The van der Waals surface area contributed by atoms with Gasteiger partial charge in [-0.25, -0.2) is 4.79 Å². The van der Waals surface area contributed by atoms with Crippen LogP contribution in [0.15, 0.2) is 4.99 Å². The Hall–Kier alpha value is -8.67. The van der Waals surface area contributed by atoms with Gasteiger partial charge in [0.2, 0.25) is 88.6 Å². The Bertz CT molecular complexity index is 3300. The van der Waals surface area contributed by atoms with Gasteiger partial charge < -0.3 is 118 Å². The second-order valence-corrected chi connectivity index (χ2v) is 31.5. The molecule has 0 radical (unpaired) electrons. The number of thioether (sulfide) groups is 1. The summed E-state index contributed by atoms with van der Waals surface area (Å²) < 4.78 is 0. The number of nitrogens with zero attached hydrogens (tertiary/aromatic N) is 5. The molecule has 39 nitrogen and oxygen atoms in total. The predicted octanol–water partition coefficient (Wildman–Crippen LogP) is -4.92. The quantitative estimate of drug-likeness (QED) is 0.0117. The molecule has 4 heterocycles. The average Bonchev–Trinajstić information content (AvgIpc) is 1.64. The standard InChI is InChI=1S/C73H128N22O17S2/c1-6-42(4)58(67(106)85-46(26-27-56(78)96)61(100)88-49(38-41(2)3)62(101)89-50(39-57(79)97)71(110)95-36-16-24-54(95)65(104)90-51(40-113)72(111)112)91-66(105)55-25-17-35-94(55)70(109)48(21-13-32-82-73(80)81)87-64(103)53-23-15-34-93(53)69(108)47(20-9-12-31-76)86-60(99)44(18-7-10-29-74)83-59(98)45(19-8-11-30-75)84-63(102)52-22-14-33-92(52)68(107)43(77)28-37-114-5/h41-55,58,113H,6-40,74-77H2,1-5H3,(H2,78,96)(H2,79,97)(H,83,98)(H,84,102)(H,85,106)(H,86,99)(H,87,103)(H,88,100)(H,89,101)(H,90,104)(H,91,105)(H,111,112)(H4,80,81,82)/t42-,43-,44-,45-,46-,47-,48-,49-,50-,51-,52-,53-,54-,55-,58-/m0/s1. The number of rotatable bonds is 52. The fourth-order valence-corrected chi connectivity index (χ4v) is 15.1. The minimum absolute atomic E-state index is 0.0104. The van der Waals surface area contributed by atoms with Crippen LogP contribution >= 0.6 is 24.4 Å². The molecule has 644 valence electrons. The highest BCUT2D eigenvalue weighted by Gasteiger charge is 2.46. The molecule has 26 N–H and O–H groups in total. The molecular formula is C73H128N22O17S2. The van der Waals surface area contributed by atoms with Crippen molar-refractivity contribution in [2.75, 3.05) is 70.1 Å². The Balaban J connectivity index is 1.58. The maximum absolute atomic E-state index is 15.1. The molecular weight excluding hydrogens is 1520 g/mol. The number of guanidine groups is 1. The number of carbonyl (C=O) groups excluding carboxylic acids is 15. The highest BCUT2D eigenvalue weighted by molar-refractivity contribution is 7.98. The van der Waals surface area contributed by atoms with Crippen LogP contribution in [-0.4, -0.2) is 280 Å². The first kappa shape index (κ1) is 97.7. The van der Waals surface area contributed by atoms with E-state index < -0.39 is 198 Å². The SMILES string of the molecule is CC[C@H](C)[C@H](NC(=O)[C@@H]1CCCN1C(=O)[C@H](CCCN=C(N)N)NC(=O)[C@@H]1CCCN1C(=O)[C@H](CCCCN)NC(=O)[C@H](CCCCN)NC(=O)[C@H](CCCCN)NC(=O)[C@@H]1CCCN1C(=O)[C@@H](N)CCSC)C(=O)N[C@@H](CCC(N)=O)C(=O)N[C@@H](CC(C)C)C(=O)N[C@@H](CC(N)=O)C(=O)N1CCC[C@H]1C(=O)N[C@@H](CS)C(=O)O. The van der Waals surface area contributed by atoms with Gasteiger partial charge in [-0.2, -0.15) is 24.4 Å². The fraction of sp³-hybridized carbons (Fsp3) is 0.767. The van der Waals surface area contributed by atoms with Gasteiger partial charge in [-0.1, -0.05) is 34.1 Å². The van der Waals surface area contributed by atoms with Crippen LogP contribution in [0.2, 0.25) is 0 Å². The molecule has 0 spiro atoms. The van der Waals surface area contributed by atoms with Gasteiger partial charge in [0, 0.05) is 44.9 Å². The van der Waals surface area contributed by atoms with Crippen molar-refractivity contribution in [2.45, 2.75) is 273 Å². The summed E-state index contributed by atoms with van der Waals surface area (Å²) in [6.45, 7) is 8.03. The Morgan fingerprint density at radius 1 is 0.456 bits per heavy atom. The summed E-state index contributed by atoms with van der Waals surface area (Å²) in [5.41, 5.74) is 46.3. The number of carboxylic acid groups (broad SMARTS) is 1. The van der Waals surface area contributed by atoms with E-state index in [-0.39, 0.29) is 127 Å². The Morgan fingerprint density at radius 3 is 1.25 bits per heavy atom. The lowest BCUT2D eigenvalue weighted by molar-refractivity contribution is -0.145. The molecule has 4 saturated heterocycles. The Labute approximate surface area is 676 Å². The van der Waals surface area contributed by atoms with Gasteiger partial charge >= 0.3 is 5.97 Å². The molecule has 0 aromatic heterocycles. The molecule has 41 heteroatoms. The third kappa shape index (κ3) is 31.2. The molecule has 0 unspecified atom stereocenters. The number of primary amides is 2. The lowest BCUT2D eigenvalue weighted by atomic mass is 9.96. The lowest BCUT2D eigenvalue weighted by Gasteiger charge is -2.33. The molecule has 114 heavy (non-hydrogen) atoms. The number of likely N-dealkylation sites (tertiary alicyclic amines) is 4. The molecule has 0 bridgehead atoms. The summed E-state index contributed by atoms with van der Waals surface area (Å²) in [7, 11) is 0. The molecule has 0 saturated carbocycles.